The molecule has 1 fully saturated rings. The van der Waals surface area contributed by atoms with E-state index in [-0.39, 0.29) is 0 Å². The highest BCUT2D eigenvalue weighted by molar-refractivity contribution is 6.30. The Morgan fingerprint density at radius 1 is 1.10 bits per heavy atom. The summed E-state index contributed by atoms with van der Waals surface area (Å²) in [5.41, 5.74) is 0.922. The Morgan fingerprint density at radius 3 is 2.67 bits per heavy atom. The van der Waals surface area contributed by atoms with Crippen LogP contribution in [-0.2, 0) is 0 Å². The van der Waals surface area contributed by atoms with Crippen LogP contribution < -0.4 is 10.2 Å². The maximum Gasteiger partial charge on any atom is 0.135 e. The average Bonchev–Trinajstić information content (AvgIpc) is 2.48. The lowest BCUT2D eigenvalue weighted by Gasteiger charge is -2.33. The Labute approximate surface area is 129 Å². The van der Waals surface area contributed by atoms with Crippen molar-refractivity contribution < 1.29 is 0 Å². The molecule has 0 atom stereocenters. The molecule has 3 rings (SSSR count). The molecule has 21 heavy (non-hydrogen) atoms. The second kappa shape index (κ2) is 6.28. The van der Waals surface area contributed by atoms with Crippen molar-refractivity contribution in [2.24, 2.45) is 0 Å². The minimum atomic E-state index is 0.702. The van der Waals surface area contributed by atoms with Crippen LogP contribution in [0, 0.1) is 0 Å². The molecule has 0 unspecified atom stereocenters. The lowest BCUT2D eigenvalue weighted by molar-refractivity contribution is 0.312. The molecule has 6 heteroatoms. The van der Waals surface area contributed by atoms with Gasteiger partial charge in [-0.25, -0.2) is 9.97 Å². The van der Waals surface area contributed by atoms with E-state index in [9.17, 15) is 0 Å². The van der Waals surface area contributed by atoms with E-state index in [0.717, 1.165) is 43.5 Å². The third kappa shape index (κ3) is 3.62. The normalized spacial score (nSPS) is 16.0. The third-order valence-corrected chi connectivity index (χ3v) is 3.81. The van der Waals surface area contributed by atoms with Crippen LogP contribution in [0.3, 0.4) is 0 Å². The number of likely N-dealkylation sites (N-methyl/N-ethyl adjacent to an activating group) is 1. The summed E-state index contributed by atoms with van der Waals surface area (Å²) in [5, 5.41) is 3.96. The zero-order chi connectivity index (χ0) is 14.7. The molecular formula is C15H18ClN5. The van der Waals surface area contributed by atoms with Crippen LogP contribution in [0.25, 0.3) is 0 Å². The second-order valence-corrected chi connectivity index (χ2v) is 5.62. The number of hydrogen-bond acceptors (Lipinski definition) is 5. The van der Waals surface area contributed by atoms with Gasteiger partial charge in [-0.05, 0) is 25.2 Å². The van der Waals surface area contributed by atoms with Crippen molar-refractivity contribution in [3.8, 4) is 0 Å². The van der Waals surface area contributed by atoms with Gasteiger partial charge in [0, 0.05) is 43.0 Å². The smallest absolute Gasteiger partial charge is 0.135 e. The first-order valence-corrected chi connectivity index (χ1v) is 7.37. The molecular weight excluding hydrogens is 286 g/mol. The third-order valence-electron chi connectivity index (χ3n) is 3.58. The summed E-state index contributed by atoms with van der Waals surface area (Å²) >= 11 is 5.99. The van der Waals surface area contributed by atoms with Crippen LogP contribution in [0.2, 0.25) is 5.02 Å². The highest BCUT2D eigenvalue weighted by Crippen LogP contribution is 2.21. The molecule has 5 nitrogen and oxygen atoms in total. The zero-order valence-electron chi connectivity index (χ0n) is 12.0. The van der Waals surface area contributed by atoms with Gasteiger partial charge in [0.2, 0.25) is 0 Å². The van der Waals surface area contributed by atoms with Crippen LogP contribution in [0.4, 0.5) is 17.3 Å². The molecule has 0 radical (unpaired) electrons. The van der Waals surface area contributed by atoms with E-state index in [0.29, 0.717) is 5.02 Å². The second-order valence-electron chi connectivity index (χ2n) is 5.19. The van der Waals surface area contributed by atoms with Gasteiger partial charge >= 0.3 is 0 Å². The molecule has 0 amide bonds. The van der Waals surface area contributed by atoms with Gasteiger partial charge in [0.1, 0.15) is 18.0 Å². The fourth-order valence-corrected chi connectivity index (χ4v) is 2.53. The van der Waals surface area contributed by atoms with Crippen LogP contribution in [0.1, 0.15) is 0 Å². The Morgan fingerprint density at radius 2 is 1.90 bits per heavy atom. The van der Waals surface area contributed by atoms with Crippen LogP contribution >= 0.6 is 11.6 Å². The molecule has 110 valence electrons. The first-order valence-electron chi connectivity index (χ1n) is 6.99. The van der Waals surface area contributed by atoms with Crippen molar-refractivity contribution in [2.75, 3.05) is 43.4 Å². The largest absolute Gasteiger partial charge is 0.354 e. The van der Waals surface area contributed by atoms with Gasteiger partial charge in [-0.3, -0.25) is 0 Å². The van der Waals surface area contributed by atoms with Crippen molar-refractivity contribution in [2.45, 2.75) is 0 Å². The SMILES string of the molecule is CN1CCN(c2cc(Nc3cccc(Cl)c3)ncn2)CC1. The van der Waals surface area contributed by atoms with Crippen molar-refractivity contribution in [3.05, 3.63) is 41.7 Å². The molecule has 1 saturated heterocycles. The molecule has 0 spiro atoms. The monoisotopic (exact) mass is 303 g/mol. The van der Waals surface area contributed by atoms with E-state index < -0.39 is 0 Å². The number of anilines is 3. The van der Waals surface area contributed by atoms with Gasteiger partial charge in [0.25, 0.3) is 0 Å². The number of nitrogens with zero attached hydrogens (tertiary/aromatic N) is 4. The maximum absolute atomic E-state index is 5.99. The number of hydrogen-bond donors (Lipinski definition) is 1. The Balaban J connectivity index is 1.74. The number of nitrogens with one attached hydrogen (secondary N) is 1. The summed E-state index contributed by atoms with van der Waals surface area (Å²) in [5.74, 6) is 1.74. The highest BCUT2D eigenvalue weighted by atomic mass is 35.5. The van der Waals surface area contributed by atoms with Crippen molar-refractivity contribution >= 4 is 28.9 Å². The average molecular weight is 304 g/mol. The van der Waals surface area contributed by atoms with Crippen LogP contribution in [0.15, 0.2) is 36.7 Å². The zero-order valence-corrected chi connectivity index (χ0v) is 12.7. The van der Waals surface area contributed by atoms with Crippen molar-refractivity contribution in [1.82, 2.24) is 14.9 Å². The van der Waals surface area contributed by atoms with Crippen LogP contribution in [0.5, 0.6) is 0 Å². The molecule has 2 heterocycles. The Kier molecular flexibility index (Phi) is 4.22. The van der Waals surface area contributed by atoms with Gasteiger partial charge in [-0.2, -0.15) is 0 Å². The molecule has 1 aliphatic heterocycles. The maximum atomic E-state index is 5.99. The quantitative estimate of drug-likeness (QED) is 0.944. The Bertz CT molecular complexity index is 611. The van der Waals surface area contributed by atoms with E-state index >= 15 is 0 Å². The topological polar surface area (TPSA) is 44.3 Å². The molecule has 0 saturated carbocycles. The predicted molar refractivity (Wildman–Crippen MR) is 86.5 cm³/mol. The fourth-order valence-electron chi connectivity index (χ4n) is 2.34. The van der Waals surface area contributed by atoms with E-state index in [1.54, 1.807) is 6.33 Å². The predicted octanol–water partition coefficient (Wildman–Crippen LogP) is 2.63. The number of halogens is 1. The number of piperazine rings is 1. The summed E-state index contributed by atoms with van der Waals surface area (Å²) in [6.45, 7) is 4.09. The van der Waals surface area contributed by atoms with E-state index in [1.807, 2.05) is 30.3 Å². The fraction of sp³-hybridized carbons (Fsp3) is 0.333. The molecule has 1 aromatic heterocycles. The lowest BCUT2D eigenvalue weighted by atomic mass is 10.3. The molecule has 1 aromatic carbocycles. The molecule has 0 bridgehead atoms. The summed E-state index contributed by atoms with van der Waals surface area (Å²) in [7, 11) is 2.14. The first kappa shape index (κ1) is 14.1. The van der Waals surface area contributed by atoms with Gasteiger partial charge in [0.15, 0.2) is 0 Å². The Hall–Kier alpha value is -1.85. The molecule has 1 aliphatic rings. The van der Waals surface area contributed by atoms with E-state index in [4.69, 9.17) is 11.6 Å². The number of rotatable bonds is 3. The minimum Gasteiger partial charge on any atom is -0.354 e. The minimum absolute atomic E-state index is 0.702. The van der Waals surface area contributed by atoms with Crippen molar-refractivity contribution in [3.63, 3.8) is 0 Å². The summed E-state index contributed by atoms with van der Waals surface area (Å²) < 4.78 is 0. The molecule has 1 N–H and O–H groups in total. The van der Waals surface area contributed by atoms with Crippen LogP contribution in [-0.4, -0.2) is 48.1 Å². The standard InChI is InChI=1S/C15H18ClN5/c1-20-5-7-21(8-6-20)15-10-14(17-11-18-15)19-13-4-2-3-12(16)9-13/h2-4,9-11H,5-8H2,1H3,(H,17,18,19). The van der Waals surface area contributed by atoms with Gasteiger partial charge in [-0.15, -0.1) is 0 Å². The highest BCUT2D eigenvalue weighted by Gasteiger charge is 2.15. The summed E-state index contributed by atoms with van der Waals surface area (Å²) in [6, 6.07) is 9.57. The molecule has 2 aromatic rings. The lowest BCUT2D eigenvalue weighted by Crippen LogP contribution is -2.44. The van der Waals surface area contributed by atoms with Gasteiger partial charge < -0.3 is 15.1 Å². The first-order chi connectivity index (χ1) is 10.2. The number of benzene rings is 1. The summed E-state index contributed by atoms with van der Waals surface area (Å²) in [6.07, 6.45) is 1.60. The van der Waals surface area contributed by atoms with Crippen molar-refractivity contribution in [1.29, 1.82) is 0 Å². The van der Waals surface area contributed by atoms with Gasteiger partial charge in [-0.1, -0.05) is 17.7 Å². The summed E-state index contributed by atoms with van der Waals surface area (Å²) in [4.78, 5) is 13.3. The van der Waals surface area contributed by atoms with E-state index in [2.05, 4.69) is 32.1 Å². The number of aromatic nitrogens is 2. The van der Waals surface area contributed by atoms with Gasteiger partial charge in [0.05, 0.1) is 0 Å². The molecule has 0 aliphatic carbocycles. The van der Waals surface area contributed by atoms with E-state index in [1.165, 1.54) is 0 Å².